The van der Waals surface area contributed by atoms with Crippen LogP contribution < -0.4 is 15.8 Å². The maximum absolute atomic E-state index is 13.4. The standard InChI is InChI=1S/C13H9F5N2O/c14-6-1-7(15)3-8(2-6)20-11-5-12(21-13(17)18)9(16)4-10(11)19/h1-5,13,20H,19H2. The van der Waals surface area contributed by atoms with Crippen LogP contribution in [-0.4, -0.2) is 6.61 Å². The van der Waals surface area contributed by atoms with E-state index < -0.39 is 29.8 Å². The van der Waals surface area contributed by atoms with Gasteiger partial charge in [-0.05, 0) is 12.1 Å². The lowest BCUT2D eigenvalue weighted by Gasteiger charge is -2.13. The first-order valence-corrected chi connectivity index (χ1v) is 5.62. The van der Waals surface area contributed by atoms with E-state index >= 15 is 0 Å². The minimum atomic E-state index is -3.22. The van der Waals surface area contributed by atoms with Crippen molar-refractivity contribution in [3.63, 3.8) is 0 Å². The summed E-state index contributed by atoms with van der Waals surface area (Å²) in [5, 5.41) is 2.50. The minimum Gasteiger partial charge on any atom is -0.432 e. The van der Waals surface area contributed by atoms with Gasteiger partial charge in [-0.25, -0.2) is 13.2 Å². The van der Waals surface area contributed by atoms with Crippen molar-refractivity contribution in [2.24, 2.45) is 0 Å². The molecule has 0 spiro atoms. The first-order valence-electron chi connectivity index (χ1n) is 5.62. The highest BCUT2D eigenvalue weighted by Crippen LogP contribution is 2.31. The fourth-order valence-electron chi connectivity index (χ4n) is 1.64. The molecule has 0 fully saturated rings. The monoisotopic (exact) mass is 304 g/mol. The number of halogens is 5. The van der Waals surface area contributed by atoms with Crippen molar-refractivity contribution in [1.82, 2.24) is 0 Å². The predicted octanol–water partition coefficient (Wildman–Crippen LogP) is 4.03. The molecule has 2 rings (SSSR count). The number of hydrogen-bond donors (Lipinski definition) is 2. The molecule has 0 aliphatic carbocycles. The van der Waals surface area contributed by atoms with Crippen molar-refractivity contribution in [3.8, 4) is 5.75 Å². The number of alkyl halides is 2. The molecule has 0 saturated heterocycles. The number of nitrogens with two attached hydrogens (primary N) is 1. The van der Waals surface area contributed by atoms with Gasteiger partial charge in [0.05, 0.1) is 11.4 Å². The second kappa shape index (κ2) is 5.86. The number of anilines is 3. The molecule has 0 saturated carbocycles. The molecule has 0 aromatic heterocycles. The number of ether oxygens (including phenoxy) is 1. The van der Waals surface area contributed by atoms with E-state index in [0.717, 1.165) is 24.3 Å². The van der Waals surface area contributed by atoms with Crippen LogP contribution in [0, 0.1) is 17.5 Å². The fraction of sp³-hybridized carbons (Fsp3) is 0.0769. The Bertz CT molecular complexity index is 643. The van der Waals surface area contributed by atoms with Crippen molar-refractivity contribution >= 4 is 17.1 Å². The molecule has 0 unspecified atom stereocenters. The summed E-state index contributed by atoms with van der Waals surface area (Å²) in [5.41, 5.74) is 5.32. The third-order valence-corrected chi connectivity index (χ3v) is 2.46. The Labute approximate surface area is 116 Å². The second-order valence-electron chi connectivity index (χ2n) is 4.03. The van der Waals surface area contributed by atoms with Gasteiger partial charge in [-0.1, -0.05) is 0 Å². The molecule has 8 heteroatoms. The number of benzene rings is 2. The number of nitrogen functional groups attached to an aromatic ring is 1. The van der Waals surface area contributed by atoms with Crippen LogP contribution in [0.3, 0.4) is 0 Å². The number of hydrogen-bond acceptors (Lipinski definition) is 3. The third kappa shape index (κ3) is 3.74. The van der Waals surface area contributed by atoms with Gasteiger partial charge in [0.2, 0.25) is 0 Å². The molecule has 112 valence electrons. The van der Waals surface area contributed by atoms with Gasteiger partial charge in [0.15, 0.2) is 11.6 Å². The molecule has 0 heterocycles. The van der Waals surface area contributed by atoms with E-state index in [-0.39, 0.29) is 17.1 Å². The molecule has 3 N–H and O–H groups in total. The van der Waals surface area contributed by atoms with Gasteiger partial charge >= 0.3 is 6.61 Å². The zero-order chi connectivity index (χ0) is 15.6. The average molecular weight is 304 g/mol. The molecule has 0 amide bonds. The van der Waals surface area contributed by atoms with Crippen LogP contribution >= 0.6 is 0 Å². The Morgan fingerprint density at radius 3 is 2.14 bits per heavy atom. The van der Waals surface area contributed by atoms with Crippen molar-refractivity contribution < 1.29 is 26.7 Å². The lowest BCUT2D eigenvalue weighted by Crippen LogP contribution is -2.06. The van der Waals surface area contributed by atoms with Crippen LogP contribution in [0.5, 0.6) is 5.75 Å². The van der Waals surface area contributed by atoms with E-state index in [2.05, 4.69) is 10.1 Å². The summed E-state index contributed by atoms with van der Waals surface area (Å²) < 4.78 is 67.7. The second-order valence-corrected chi connectivity index (χ2v) is 4.03. The molecular weight excluding hydrogens is 295 g/mol. The lowest BCUT2D eigenvalue weighted by molar-refractivity contribution is -0.0521. The highest BCUT2D eigenvalue weighted by Gasteiger charge is 2.14. The quantitative estimate of drug-likeness (QED) is 0.662. The normalized spacial score (nSPS) is 10.8. The van der Waals surface area contributed by atoms with E-state index in [1.807, 2.05) is 0 Å². The zero-order valence-electron chi connectivity index (χ0n) is 10.3. The van der Waals surface area contributed by atoms with Crippen LogP contribution in [0.15, 0.2) is 30.3 Å². The summed E-state index contributed by atoms with van der Waals surface area (Å²) in [5.74, 6) is -3.51. The highest BCUT2D eigenvalue weighted by atomic mass is 19.3. The van der Waals surface area contributed by atoms with Gasteiger partial charge in [-0.15, -0.1) is 0 Å². The molecule has 3 nitrogen and oxygen atoms in total. The molecule has 0 aliphatic rings. The summed E-state index contributed by atoms with van der Waals surface area (Å²) in [6, 6.07) is 4.21. The molecule has 0 aliphatic heterocycles. The summed E-state index contributed by atoms with van der Waals surface area (Å²) in [7, 11) is 0. The van der Waals surface area contributed by atoms with Crippen LogP contribution in [0.2, 0.25) is 0 Å². The Hall–Kier alpha value is -2.51. The molecule has 2 aromatic carbocycles. The van der Waals surface area contributed by atoms with Crippen molar-refractivity contribution in [1.29, 1.82) is 0 Å². The Balaban J connectivity index is 2.34. The maximum atomic E-state index is 13.4. The van der Waals surface area contributed by atoms with Crippen molar-refractivity contribution in [2.75, 3.05) is 11.1 Å². The van der Waals surface area contributed by atoms with Gasteiger partial charge in [-0.3, -0.25) is 0 Å². The summed E-state index contributed by atoms with van der Waals surface area (Å²) in [4.78, 5) is 0. The Morgan fingerprint density at radius 2 is 1.57 bits per heavy atom. The highest BCUT2D eigenvalue weighted by molar-refractivity contribution is 5.74. The molecule has 0 radical (unpaired) electrons. The summed E-state index contributed by atoms with van der Waals surface area (Å²) >= 11 is 0. The van der Waals surface area contributed by atoms with Gasteiger partial charge in [-0.2, -0.15) is 8.78 Å². The van der Waals surface area contributed by atoms with Crippen molar-refractivity contribution in [3.05, 3.63) is 47.8 Å². The molecule has 0 atom stereocenters. The number of nitrogens with one attached hydrogen (secondary N) is 1. The Morgan fingerprint density at radius 1 is 0.952 bits per heavy atom. The van der Waals surface area contributed by atoms with E-state index in [1.165, 1.54) is 0 Å². The summed E-state index contributed by atoms with van der Waals surface area (Å²) in [6.45, 7) is -3.22. The minimum absolute atomic E-state index is 0.0196. The smallest absolute Gasteiger partial charge is 0.387 e. The van der Waals surface area contributed by atoms with E-state index in [9.17, 15) is 22.0 Å². The van der Waals surface area contributed by atoms with E-state index in [0.29, 0.717) is 6.07 Å². The SMILES string of the molecule is Nc1cc(F)c(OC(F)F)cc1Nc1cc(F)cc(F)c1. The molecule has 21 heavy (non-hydrogen) atoms. The molecular formula is C13H9F5N2O. The van der Waals surface area contributed by atoms with Crippen LogP contribution in [-0.2, 0) is 0 Å². The van der Waals surface area contributed by atoms with Gasteiger partial charge in [0.1, 0.15) is 11.6 Å². The van der Waals surface area contributed by atoms with Crippen LogP contribution in [0.25, 0.3) is 0 Å². The lowest BCUT2D eigenvalue weighted by atomic mass is 10.2. The van der Waals surface area contributed by atoms with Crippen LogP contribution in [0.1, 0.15) is 0 Å². The van der Waals surface area contributed by atoms with E-state index in [4.69, 9.17) is 5.73 Å². The largest absolute Gasteiger partial charge is 0.432 e. The zero-order valence-corrected chi connectivity index (χ0v) is 10.3. The first kappa shape index (κ1) is 14.9. The van der Waals surface area contributed by atoms with Gasteiger partial charge in [0.25, 0.3) is 0 Å². The Kier molecular flexibility index (Phi) is 4.15. The molecule has 2 aromatic rings. The van der Waals surface area contributed by atoms with Crippen LogP contribution in [0.4, 0.5) is 39.0 Å². The average Bonchev–Trinajstić information content (AvgIpc) is 2.33. The predicted molar refractivity (Wildman–Crippen MR) is 67.1 cm³/mol. The van der Waals surface area contributed by atoms with Gasteiger partial charge in [0, 0.05) is 23.9 Å². The number of rotatable bonds is 4. The maximum Gasteiger partial charge on any atom is 0.387 e. The summed E-state index contributed by atoms with van der Waals surface area (Å²) in [6.07, 6.45) is 0. The topological polar surface area (TPSA) is 47.3 Å². The first-order chi connectivity index (χ1) is 9.85. The molecule has 0 bridgehead atoms. The van der Waals surface area contributed by atoms with Gasteiger partial charge < -0.3 is 15.8 Å². The van der Waals surface area contributed by atoms with Crippen molar-refractivity contribution in [2.45, 2.75) is 6.61 Å². The third-order valence-electron chi connectivity index (χ3n) is 2.46. The van der Waals surface area contributed by atoms with E-state index in [1.54, 1.807) is 0 Å². The fourth-order valence-corrected chi connectivity index (χ4v) is 1.64.